The van der Waals surface area contributed by atoms with Crippen molar-refractivity contribution >= 4 is 50.9 Å². The van der Waals surface area contributed by atoms with Gasteiger partial charge in [0.15, 0.2) is 0 Å². The lowest BCUT2D eigenvalue weighted by Crippen LogP contribution is -2.54. The molecule has 0 saturated carbocycles. The van der Waals surface area contributed by atoms with Gasteiger partial charge in [0.2, 0.25) is 11.8 Å². The molecule has 2 atom stereocenters. The van der Waals surface area contributed by atoms with E-state index in [2.05, 4.69) is 5.32 Å². The largest absolute Gasteiger partial charge is 0.352 e. The van der Waals surface area contributed by atoms with Gasteiger partial charge < -0.3 is 10.2 Å². The molecule has 0 fully saturated rings. The van der Waals surface area contributed by atoms with Crippen molar-refractivity contribution in [3.8, 4) is 0 Å². The number of rotatable bonds is 12. The number of hydrogen-bond acceptors (Lipinski definition) is 4. The van der Waals surface area contributed by atoms with Crippen molar-refractivity contribution in [1.82, 2.24) is 14.5 Å². The minimum atomic E-state index is -4.05. The van der Waals surface area contributed by atoms with Crippen molar-refractivity contribution in [2.24, 2.45) is 0 Å². The molecule has 8 nitrogen and oxygen atoms in total. The Bertz CT molecular complexity index is 1250. The number of carbonyl (C=O) groups excluding carboxylic acids is 2. The maximum Gasteiger partial charge on any atom is 0.304 e. The Morgan fingerprint density at radius 1 is 1.00 bits per heavy atom. The Kier molecular flexibility index (Phi) is 11.4. The lowest BCUT2D eigenvalue weighted by Gasteiger charge is -2.35. The fraction of sp³-hybridized carbons (Fsp3) is 0.481. The SMILES string of the molecule is CC[C@H](C)NC(=O)[C@H](CC)N(Cc1ccc(Cl)cc1Cl)C(=O)CN(c1cc(C)ccc1C)S(=O)(=O)N(C)C. The maximum absolute atomic E-state index is 14.0. The zero-order valence-electron chi connectivity index (χ0n) is 23.1. The Balaban J connectivity index is 2.59. The minimum absolute atomic E-state index is 0.00389. The van der Waals surface area contributed by atoms with E-state index in [0.29, 0.717) is 33.3 Å². The molecule has 2 amide bonds. The molecule has 2 aromatic rings. The second kappa shape index (κ2) is 13.6. The van der Waals surface area contributed by atoms with Crippen LogP contribution in [-0.4, -0.2) is 62.2 Å². The highest BCUT2D eigenvalue weighted by Gasteiger charge is 2.34. The smallest absolute Gasteiger partial charge is 0.304 e. The first-order valence-electron chi connectivity index (χ1n) is 12.5. The van der Waals surface area contributed by atoms with Gasteiger partial charge in [-0.15, -0.1) is 0 Å². The number of benzene rings is 2. The quantitative estimate of drug-likeness (QED) is 0.382. The molecular formula is C27H38Cl2N4O4S. The van der Waals surface area contributed by atoms with Gasteiger partial charge in [0.1, 0.15) is 12.6 Å². The predicted octanol–water partition coefficient (Wildman–Crippen LogP) is 4.95. The molecule has 38 heavy (non-hydrogen) atoms. The summed E-state index contributed by atoms with van der Waals surface area (Å²) >= 11 is 12.5. The Morgan fingerprint density at radius 3 is 2.21 bits per heavy atom. The molecule has 0 saturated heterocycles. The summed E-state index contributed by atoms with van der Waals surface area (Å²) < 4.78 is 29.0. The monoisotopic (exact) mass is 584 g/mol. The van der Waals surface area contributed by atoms with E-state index in [1.165, 1.54) is 19.0 Å². The molecule has 0 aliphatic heterocycles. The number of amides is 2. The van der Waals surface area contributed by atoms with Gasteiger partial charge in [0, 0.05) is 36.7 Å². The third kappa shape index (κ3) is 7.85. The molecule has 2 aromatic carbocycles. The van der Waals surface area contributed by atoms with Gasteiger partial charge in [-0.05, 0) is 68.5 Å². The van der Waals surface area contributed by atoms with Crippen LogP contribution < -0.4 is 9.62 Å². The molecule has 2 rings (SSSR count). The molecular weight excluding hydrogens is 547 g/mol. The summed E-state index contributed by atoms with van der Waals surface area (Å²) in [5, 5.41) is 3.74. The number of carbonyl (C=O) groups is 2. The predicted molar refractivity (Wildman–Crippen MR) is 155 cm³/mol. The second-order valence-corrected chi connectivity index (χ2v) is 12.5. The first-order valence-corrected chi connectivity index (χ1v) is 14.7. The van der Waals surface area contributed by atoms with Crippen molar-refractivity contribution in [1.29, 1.82) is 0 Å². The molecule has 0 bridgehead atoms. The fourth-order valence-corrected chi connectivity index (χ4v) is 5.47. The minimum Gasteiger partial charge on any atom is -0.352 e. The number of hydrogen-bond donors (Lipinski definition) is 1. The van der Waals surface area contributed by atoms with Crippen LogP contribution in [0, 0.1) is 13.8 Å². The van der Waals surface area contributed by atoms with Gasteiger partial charge in [-0.3, -0.25) is 9.59 Å². The lowest BCUT2D eigenvalue weighted by molar-refractivity contribution is -0.140. The van der Waals surface area contributed by atoms with Gasteiger partial charge in [0.05, 0.1) is 5.69 Å². The first kappa shape index (κ1) is 31.9. The molecule has 0 aliphatic rings. The lowest BCUT2D eigenvalue weighted by atomic mass is 10.1. The molecule has 0 unspecified atom stereocenters. The number of nitrogens with zero attached hydrogens (tertiary/aromatic N) is 3. The van der Waals surface area contributed by atoms with Crippen LogP contribution in [0.15, 0.2) is 36.4 Å². The van der Waals surface area contributed by atoms with E-state index >= 15 is 0 Å². The van der Waals surface area contributed by atoms with E-state index in [1.807, 2.05) is 39.8 Å². The number of nitrogens with one attached hydrogen (secondary N) is 1. The Hall–Kier alpha value is -2.33. The van der Waals surface area contributed by atoms with Crippen molar-refractivity contribution in [2.75, 3.05) is 24.9 Å². The van der Waals surface area contributed by atoms with Crippen LogP contribution in [0.1, 0.15) is 50.3 Å². The molecule has 11 heteroatoms. The third-order valence-electron chi connectivity index (χ3n) is 6.39. The molecule has 1 N–H and O–H groups in total. The van der Waals surface area contributed by atoms with Crippen molar-refractivity contribution in [3.63, 3.8) is 0 Å². The van der Waals surface area contributed by atoms with Crippen molar-refractivity contribution in [2.45, 2.75) is 66.1 Å². The third-order valence-corrected chi connectivity index (χ3v) is 8.79. The van der Waals surface area contributed by atoms with E-state index in [0.717, 1.165) is 20.6 Å². The average Bonchev–Trinajstić information content (AvgIpc) is 2.84. The van der Waals surface area contributed by atoms with Crippen LogP contribution in [0.2, 0.25) is 10.0 Å². The second-order valence-electron chi connectivity index (χ2n) is 9.59. The zero-order valence-corrected chi connectivity index (χ0v) is 25.4. The van der Waals surface area contributed by atoms with Crippen LogP contribution in [0.4, 0.5) is 5.69 Å². The standard InChI is InChI=1S/C27H38Cl2N4O4S/c1-8-20(5)30-27(35)24(9-2)32(16-21-12-13-22(28)15-23(21)29)26(34)17-33(38(36,37)31(6)7)25-14-18(3)10-11-19(25)4/h10-15,20,24H,8-9,16-17H2,1-7H3,(H,30,35)/t20-,24-/m0/s1. The molecule has 0 radical (unpaired) electrons. The number of aryl methyl sites for hydroxylation is 2. The highest BCUT2D eigenvalue weighted by Crippen LogP contribution is 2.27. The van der Waals surface area contributed by atoms with Gasteiger partial charge in [-0.1, -0.05) is 55.2 Å². The fourth-order valence-electron chi connectivity index (χ4n) is 3.88. The molecule has 0 spiro atoms. The van der Waals surface area contributed by atoms with Gasteiger partial charge >= 0.3 is 10.2 Å². The first-order chi connectivity index (χ1) is 17.7. The molecule has 0 aromatic heterocycles. The number of halogens is 2. The Morgan fingerprint density at radius 2 is 1.66 bits per heavy atom. The molecule has 0 heterocycles. The van der Waals surface area contributed by atoms with Gasteiger partial charge in [0.25, 0.3) is 0 Å². The van der Waals surface area contributed by atoms with E-state index < -0.39 is 28.7 Å². The summed E-state index contributed by atoms with van der Waals surface area (Å²) in [4.78, 5) is 28.7. The highest BCUT2D eigenvalue weighted by molar-refractivity contribution is 7.90. The molecule has 0 aliphatic carbocycles. The van der Waals surface area contributed by atoms with Crippen LogP contribution in [0.25, 0.3) is 0 Å². The Labute approximate surface area is 237 Å². The van der Waals surface area contributed by atoms with Crippen molar-refractivity contribution < 1.29 is 18.0 Å². The summed E-state index contributed by atoms with van der Waals surface area (Å²) in [5.41, 5.74) is 2.53. The summed E-state index contributed by atoms with van der Waals surface area (Å²) in [6.07, 6.45) is 1.05. The van der Waals surface area contributed by atoms with E-state index in [4.69, 9.17) is 23.2 Å². The topological polar surface area (TPSA) is 90.0 Å². The van der Waals surface area contributed by atoms with Crippen LogP contribution >= 0.6 is 23.2 Å². The zero-order chi connectivity index (χ0) is 28.8. The van der Waals surface area contributed by atoms with Crippen LogP contribution in [0.5, 0.6) is 0 Å². The summed E-state index contributed by atoms with van der Waals surface area (Å²) in [6, 6.07) is 9.42. The van der Waals surface area contributed by atoms with E-state index in [9.17, 15) is 18.0 Å². The summed E-state index contributed by atoms with van der Waals surface area (Å²) in [5.74, 6) is -0.845. The molecule has 210 valence electrons. The van der Waals surface area contributed by atoms with Gasteiger partial charge in [-0.2, -0.15) is 12.7 Å². The maximum atomic E-state index is 14.0. The van der Waals surface area contributed by atoms with Crippen LogP contribution in [0.3, 0.4) is 0 Å². The van der Waals surface area contributed by atoms with E-state index in [-0.39, 0.29) is 18.5 Å². The van der Waals surface area contributed by atoms with E-state index in [1.54, 1.807) is 31.2 Å². The van der Waals surface area contributed by atoms with Crippen LogP contribution in [-0.2, 0) is 26.3 Å². The summed E-state index contributed by atoms with van der Waals surface area (Å²) in [6.45, 7) is 8.80. The van der Waals surface area contributed by atoms with Gasteiger partial charge in [-0.25, -0.2) is 4.31 Å². The van der Waals surface area contributed by atoms with Crippen molar-refractivity contribution in [3.05, 3.63) is 63.1 Å². The number of anilines is 1. The summed E-state index contributed by atoms with van der Waals surface area (Å²) in [7, 11) is -1.22. The normalized spacial score (nSPS) is 13.2. The highest BCUT2D eigenvalue weighted by atomic mass is 35.5. The average molecular weight is 586 g/mol.